The highest BCUT2D eigenvalue weighted by molar-refractivity contribution is 7.89. The van der Waals surface area contributed by atoms with E-state index in [1.807, 2.05) is 0 Å². The highest BCUT2D eigenvalue weighted by Crippen LogP contribution is 2.23. The van der Waals surface area contributed by atoms with Crippen molar-refractivity contribution in [1.82, 2.24) is 10.0 Å². The first-order chi connectivity index (χ1) is 9.94. The minimum absolute atomic E-state index is 0.0692. The molecule has 0 spiro atoms. The van der Waals surface area contributed by atoms with Gasteiger partial charge in [-0.25, -0.2) is 17.9 Å². The van der Waals surface area contributed by atoms with Gasteiger partial charge in [0.2, 0.25) is 10.0 Å². The Labute approximate surface area is 128 Å². The number of ether oxygens (including phenoxy) is 1. The SMILES string of the molecule is COC(=O)c1ccc(Cl)c(S(=O)(=O)NCC2CCNC2)c1. The number of rotatable bonds is 5. The minimum atomic E-state index is -3.76. The van der Waals surface area contributed by atoms with Gasteiger partial charge in [-0.05, 0) is 43.6 Å². The second-order valence-electron chi connectivity index (χ2n) is 4.85. The Kier molecular flexibility index (Phi) is 5.21. The summed E-state index contributed by atoms with van der Waals surface area (Å²) in [6.07, 6.45) is 0.929. The van der Waals surface area contributed by atoms with Gasteiger partial charge >= 0.3 is 5.97 Å². The zero-order chi connectivity index (χ0) is 15.5. The fourth-order valence-electron chi connectivity index (χ4n) is 2.15. The van der Waals surface area contributed by atoms with E-state index in [0.717, 1.165) is 19.5 Å². The van der Waals surface area contributed by atoms with Crippen LogP contribution in [0.3, 0.4) is 0 Å². The van der Waals surface area contributed by atoms with Crippen LogP contribution in [0.5, 0.6) is 0 Å². The molecule has 0 aliphatic carbocycles. The molecule has 0 saturated carbocycles. The first-order valence-corrected chi connectivity index (χ1v) is 8.38. The average Bonchev–Trinajstić information content (AvgIpc) is 2.98. The minimum Gasteiger partial charge on any atom is -0.465 e. The van der Waals surface area contributed by atoms with Crippen molar-refractivity contribution in [1.29, 1.82) is 0 Å². The normalized spacial score (nSPS) is 18.7. The summed E-state index contributed by atoms with van der Waals surface area (Å²) < 4.78 is 31.7. The summed E-state index contributed by atoms with van der Waals surface area (Å²) in [7, 11) is -2.53. The Morgan fingerprint density at radius 2 is 2.29 bits per heavy atom. The molecular formula is C13H17ClN2O4S. The van der Waals surface area contributed by atoms with Crippen LogP contribution in [0.2, 0.25) is 5.02 Å². The zero-order valence-electron chi connectivity index (χ0n) is 11.6. The Morgan fingerprint density at radius 1 is 1.52 bits per heavy atom. The molecule has 2 N–H and O–H groups in total. The van der Waals surface area contributed by atoms with Crippen LogP contribution in [-0.4, -0.2) is 41.1 Å². The number of hydrogen-bond donors (Lipinski definition) is 2. The molecule has 21 heavy (non-hydrogen) atoms. The number of methoxy groups -OCH3 is 1. The molecule has 116 valence electrons. The van der Waals surface area contributed by atoms with Crippen molar-refractivity contribution in [2.24, 2.45) is 5.92 Å². The molecule has 1 aliphatic rings. The number of halogens is 1. The molecule has 6 nitrogen and oxygen atoms in total. The molecule has 0 amide bonds. The molecule has 1 aromatic carbocycles. The van der Waals surface area contributed by atoms with E-state index >= 15 is 0 Å². The number of benzene rings is 1. The smallest absolute Gasteiger partial charge is 0.337 e. The van der Waals surface area contributed by atoms with Gasteiger partial charge in [-0.1, -0.05) is 11.6 Å². The van der Waals surface area contributed by atoms with Crippen LogP contribution in [0.4, 0.5) is 0 Å². The molecule has 0 aromatic heterocycles. The maximum Gasteiger partial charge on any atom is 0.337 e. The van der Waals surface area contributed by atoms with Gasteiger partial charge in [0.15, 0.2) is 0 Å². The first kappa shape index (κ1) is 16.2. The molecule has 1 heterocycles. The van der Waals surface area contributed by atoms with Gasteiger partial charge in [0.1, 0.15) is 4.90 Å². The fourth-order valence-corrected chi connectivity index (χ4v) is 3.79. The van der Waals surface area contributed by atoms with E-state index in [1.54, 1.807) is 0 Å². The van der Waals surface area contributed by atoms with Crippen molar-refractivity contribution in [2.45, 2.75) is 11.3 Å². The molecule has 1 atom stereocenters. The summed E-state index contributed by atoms with van der Waals surface area (Å²) in [5.74, 6) is -0.342. The van der Waals surface area contributed by atoms with Crippen LogP contribution < -0.4 is 10.0 Å². The van der Waals surface area contributed by atoms with Crippen LogP contribution in [0.25, 0.3) is 0 Å². The second kappa shape index (κ2) is 6.74. The van der Waals surface area contributed by atoms with E-state index in [1.165, 1.54) is 25.3 Å². The van der Waals surface area contributed by atoms with Gasteiger partial charge in [0, 0.05) is 6.54 Å². The van der Waals surface area contributed by atoms with Crippen molar-refractivity contribution in [3.8, 4) is 0 Å². The number of carbonyl (C=O) groups is 1. The van der Waals surface area contributed by atoms with Crippen LogP contribution in [-0.2, 0) is 14.8 Å². The third kappa shape index (κ3) is 3.94. The summed E-state index contributed by atoms with van der Waals surface area (Å²) >= 11 is 5.94. The molecule has 0 radical (unpaired) electrons. The first-order valence-electron chi connectivity index (χ1n) is 6.52. The predicted molar refractivity (Wildman–Crippen MR) is 79.0 cm³/mol. The van der Waals surface area contributed by atoms with Crippen molar-refractivity contribution in [3.63, 3.8) is 0 Å². The highest BCUT2D eigenvalue weighted by Gasteiger charge is 2.23. The fraction of sp³-hybridized carbons (Fsp3) is 0.462. The third-order valence-electron chi connectivity index (χ3n) is 3.37. The molecule has 1 aliphatic heterocycles. The monoisotopic (exact) mass is 332 g/mol. The van der Waals surface area contributed by atoms with Crippen molar-refractivity contribution < 1.29 is 17.9 Å². The third-order valence-corrected chi connectivity index (χ3v) is 5.27. The predicted octanol–water partition coefficient (Wildman–Crippen LogP) is 1.01. The van der Waals surface area contributed by atoms with Gasteiger partial charge in [-0.15, -0.1) is 0 Å². The Morgan fingerprint density at radius 3 is 2.90 bits per heavy atom. The lowest BCUT2D eigenvalue weighted by Gasteiger charge is -2.12. The van der Waals surface area contributed by atoms with Crippen LogP contribution in [0, 0.1) is 5.92 Å². The lowest BCUT2D eigenvalue weighted by atomic mass is 10.1. The maximum atomic E-state index is 12.3. The summed E-state index contributed by atoms with van der Waals surface area (Å²) in [5.41, 5.74) is 0.143. The second-order valence-corrected chi connectivity index (χ2v) is 6.99. The standard InChI is InChI=1S/C13H17ClN2O4S/c1-20-13(17)10-2-3-11(14)12(6-10)21(18,19)16-8-9-4-5-15-7-9/h2-3,6,9,15-16H,4-5,7-8H2,1H3. The van der Waals surface area contributed by atoms with Gasteiger partial charge in [-0.2, -0.15) is 0 Å². The van der Waals surface area contributed by atoms with Gasteiger partial charge < -0.3 is 10.1 Å². The Bertz CT molecular complexity index is 627. The van der Waals surface area contributed by atoms with Crippen LogP contribution in [0.15, 0.2) is 23.1 Å². The lowest BCUT2D eigenvalue weighted by molar-refractivity contribution is 0.0600. The molecule has 0 bridgehead atoms. The van der Waals surface area contributed by atoms with Crippen molar-refractivity contribution in [2.75, 3.05) is 26.7 Å². The summed E-state index contributed by atoms with van der Waals surface area (Å²) in [4.78, 5) is 11.4. The molecule has 2 rings (SSSR count). The zero-order valence-corrected chi connectivity index (χ0v) is 13.1. The topological polar surface area (TPSA) is 84.5 Å². The maximum absolute atomic E-state index is 12.3. The molecule has 8 heteroatoms. The van der Waals surface area contributed by atoms with Gasteiger partial charge in [0.05, 0.1) is 17.7 Å². The number of esters is 1. The summed E-state index contributed by atoms with van der Waals surface area (Å²) in [6, 6.07) is 4.02. The number of nitrogens with one attached hydrogen (secondary N) is 2. The average molecular weight is 333 g/mol. The van der Waals surface area contributed by atoms with E-state index in [0.29, 0.717) is 6.54 Å². The van der Waals surface area contributed by atoms with E-state index in [4.69, 9.17) is 11.6 Å². The Balaban J connectivity index is 2.19. The van der Waals surface area contributed by atoms with E-state index in [9.17, 15) is 13.2 Å². The number of carbonyl (C=O) groups excluding carboxylic acids is 1. The van der Waals surface area contributed by atoms with E-state index < -0.39 is 16.0 Å². The van der Waals surface area contributed by atoms with Gasteiger partial charge in [-0.3, -0.25) is 0 Å². The Hall–Kier alpha value is -1.15. The quantitative estimate of drug-likeness (QED) is 0.786. The van der Waals surface area contributed by atoms with Crippen LogP contribution >= 0.6 is 11.6 Å². The number of hydrogen-bond acceptors (Lipinski definition) is 5. The highest BCUT2D eigenvalue weighted by atomic mass is 35.5. The molecule has 1 saturated heterocycles. The summed E-state index contributed by atoms with van der Waals surface area (Å²) in [5, 5.41) is 3.24. The van der Waals surface area contributed by atoms with E-state index in [-0.39, 0.29) is 21.4 Å². The lowest BCUT2D eigenvalue weighted by Crippen LogP contribution is -2.30. The molecule has 1 unspecified atom stereocenters. The largest absolute Gasteiger partial charge is 0.465 e. The van der Waals surface area contributed by atoms with E-state index in [2.05, 4.69) is 14.8 Å². The molecular weight excluding hydrogens is 316 g/mol. The molecule has 1 aromatic rings. The van der Waals surface area contributed by atoms with Crippen molar-refractivity contribution in [3.05, 3.63) is 28.8 Å². The summed E-state index contributed by atoms with van der Waals surface area (Å²) in [6.45, 7) is 2.03. The number of sulfonamides is 1. The van der Waals surface area contributed by atoms with Crippen LogP contribution in [0.1, 0.15) is 16.8 Å². The van der Waals surface area contributed by atoms with Crippen molar-refractivity contribution >= 4 is 27.6 Å². The van der Waals surface area contributed by atoms with Gasteiger partial charge in [0.25, 0.3) is 0 Å². The molecule has 1 fully saturated rings.